The first-order valence-electron chi connectivity index (χ1n) is 5.62. The number of nitrogens with zero attached hydrogens (tertiary/aromatic N) is 3. The number of aromatic nitrogens is 3. The highest BCUT2D eigenvalue weighted by Crippen LogP contribution is 2.14. The molecule has 2 aromatic rings. The van der Waals surface area contributed by atoms with Crippen LogP contribution in [0.1, 0.15) is 18.7 Å². The predicted octanol–water partition coefficient (Wildman–Crippen LogP) is 1.30. The third-order valence-corrected chi connectivity index (χ3v) is 2.46. The first-order chi connectivity index (χ1) is 8.33. The smallest absolute Gasteiger partial charge is 0.0836 e. The van der Waals surface area contributed by atoms with E-state index in [1.807, 2.05) is 37.3 Å². The first-order valence-corrected chi connectivity index (χ1v) is 5.62. The molecular weight excluding hydrogens is 216 g/mol. The number of ether oxygens (including phenoxy) is 1. The molecule has 0 spiro atoms. The van der Waals surface area contributed by atoms with Gasteiger partial charge in [-0.1, -0.05) is 23.4 Å². The molecule has 0 aliphatic heterocycles. The maximum Gasteiger partial charge on any atom is 0.0836 e. The summed E-state index contributed by atoms with van der Waals surface area (Å²) >= 11 is 0. The molecule has 1 aromatic heterocycles. The third kappa shape index (κ3) is 2.69. The number of nitrogens with two attached hydrogens (primary N) is 1. The third-order valence-electron chi connectivity index (χ3n) is 2.46. The topological polar surface area (TPSA) is 66.0 Å². The second-order valence-electron chi connectivity index (χ2n) is 3.67. The van der Waals surface area contributed by atoms with Gasteiger partial charge in [0.05, 0.1) is 30.2 Å². The Bertz CT molecular complexity index is 455. The van der Waals surface area contributed by atoms with Gasteiger partial charge in [0.1, 0.15) is 0 Å². The average Bonchev–Trinajstić information content (AvgIpc) is 2.86. The Balaban J connectivity index is 2.23. The van der Waals surface area contributed by atoms with Crippen LogP contribution in [0.5, 0.6) is 0 Å². The predicted molar refractivity (Wildman–Crippen MR) is 64.8 cm³/mol. The minimum Gasteiger partial charge on any atom is -0.380 e. The molecular formula is C12H16N4O. The fourth-order valence-corrected chi connectivity index (χ4v) is 1.60. The van der Waals surface area contributed by atoms with Crippen molar-refractivity contribution in [3.63, 3.8) is 0 Å². The zero-order valence-corrected chi connectivity index (χ0v) is 9.78. The molecule has 1 aromatic carbocycles. The van der Waals surface area contributed by atoms with Crippen molar-refractivity contribution < 1.29 is 4.74 Å². The van der Waals surface area contributed by atoms with E-state index in [1.165, 1.54) is 0 Å². The Morgan fingerprint density at radius 1 is 1.35 bits per heavy atom. The van der Waals surface area contributed by atoms with Gasteiger partial charge in [0.25, 0.3) is 0 Å². The summed E-state index contributed by atoms with van der Waals surface area (Å²) in [6.45, 7) is 3.07. The van der Waals surface area contributed by atoms with Crippen molar-refractivity contribution >= 4 is 0 Å². The van der Waals surface area contributed by atoms with E-state index in [9.17, 15) is 0 Å². The minimum atomic E-state index is -0.217. The molecule has 0 aliphatic carbocycles. The summed E-state index contributed by atoms with van der Waals surface area (Å²) in [5.41, 5.74) is 7.84. The van der Waals surface area contributed by atoms with Gasteiger partial charge in [0.2, 0.25) is 0 Å². The first kappa shape index (κ1) is 11.8. The molecule has 0 fully saturated rings. The monoisotopic (exact) mass is 232 g/mol. The summed E-state index contributed by atoms with van der Waals surface area (Å²) in [6, 6.07) is 9.58. The number of benzene rings is 1. The molecule has 1 heterocycles. The quantitative estimate of drug-likeness (QED) is 0.844. The standard InChI is InChI=1S/C12H16N4O/c1-2-17-9-11(13)12-8-14-15-16(12)10-6-4-3-5-7-10/h3-8,11H,2,9,13H2,1H3. The largest absolute Gasteiger partial charge is 0.380 e. The van der Waals surface area contributed by atoms with Crippen LogP contribution in [0.4, 0.5) is 0 Å². The van der Waals surface area contributed by atoms with Gasteiger partial charge in [-0.05, 0) is 19.1 Å². The van der Waals surface area contributed by atoms with Crippen LogP contribution in [0.15, 0.2) is 36.5 Å². The zero-order valence-electron chi connectivity index (χ0n) is 9.78. The highest BCUT2D eigenvalue weighted by atomic mass is 16.5. The summed E-state index contributed by atoms with van der Waals surface area (Å²) < 4.78 is 7.06. The van der Waals surface area contributed by atoms with Crippen LogP contribution in [0.3, 0.4) is 0 Å². The molecule has 0 saturated heterocycles. The average molecular weight is 232 g/mol. The Morgan fingerprint density at radius 2 is 2.12 bits per heavy atom. The maximum atomic E-state index is 6.04. The highest BCUT2D eigenvalue weighted by molar-refractivity contribution is 5.32. The zero-order chi connectivity index (χ0) is 12.1. The van der Waals surface area contributed by atoms with Crippen molar-refractivity contribution in [2.75, 3.05) is 13.2 Å². The molecule has 5 heteroatoms. The van der Waals surface area contributed by atoms with E-state index < -0.39 is 0 Å². The molecule has 0 radical (unpaired) electrons. The van der Waals surface area contributed by atoms with E-state index >= 15 is 0 Å². The van der Waals surface area contributed by atoms with Gasteiger partial charge in [-0.3, -0.25) is 0 Å². The molecule has 0 amide bonds. The fourth-order valence-electron chi connectivity index (χ4n) is 1.60. The van der Waals surface area contributed by atoms with E-state index in [-0.39, 0.29) is 6.04 Å². The summed E-state index contributed by atoms with van der Waals surface area (Å²) in [5.74, 6) is 0. The van der Waals surface area contributed by atoms with Crippen LogP contribution in [0, 0.1) is 0 Å². The Labute approximate surface area is 100 Å². The second-order valence-corrected chi connectivity index (χ2v) is 3.67. The summed E-state index contributed by atoms with van der Waals surface area (Å²) in [7, 11) is 0. The van der Waals surface area contributed by atoms with Crippen molar-refractivity contribution in [1.82, 2.24) is 15.0 Å². The molecule has 2 N–H and O–H groups in total. The van der Waals surface area contributed by atoms with Crippen molar-refractivity contribution in [2.24, 2.45) is 5.73 Å². The van der Waals surface area contributed by atoms with Gasteiger partial charge >= 0.3 is 0 Å². The van der Waals surface area contributed by atoms with E-state index in [4.69, 9.17) is 10.5 Å². The van der Waals surface area contributed by atoms with Gasteiger partial charge < -0.3 is 10.5 Å². The Kier molecular flexibility index (Phi) is 3.85. The van der Waals surface area contributed by atoms with Gasteiger partial charge in [0, 0.05) is 6.61 Å². The number of hydrogen-bond acceptors (Lipinski definition) is 4. The van der Waals surface area contributed by atoms with Gasteiger partial charge in [-0.15, -0.1) is 5.10 Å². The van der Waals surface area contributed by atoms with Gasteiger partial charge in [0.15, 0.2) is 0 Å². The van der Waals surface area contributed by atoms with E-state index in [2.05, 4.69) is 10.3 Å². The van der Waals surface area contributed by atoms with Crippen LogP contribution >= 0.6 is 0 Å². The minimum absolute atomic E-state index is 0.217. The molecule has 90 valence electrons. The lowest BCUT2D eigenvalue weighted by molar-refractivity contribution is 0.132. The Morgan fingerprint density at radius 3 is 2.82 bits per heavy atom. The van der Waals surface area contributed by atoms with Gasteiger partial charge in [-0.25, -0.2) is 4.68 Å². The van der Waals surface area contributed by atoms with Crippen molar-refractivity contribution in [1.29, 1.82) is 0 Å². The SMILES string of the molecule is CCOCC(N)c1cnnn1-c1ccccc1. The second kappa shape index (κ2) is 5.56. The molecule has 5 nitrogen and oxygen atoms in total. The molecule has 2 rings (SSSR count). The maximum absolute atomic E-state index is 6.04. The van der Waals surface area contributed by atoms with E-state index in [0.717, 1.165) is 11.4 Å². The van der Waals surface area contributed by atoms with Crippen molar-refractivity contribution in [3.8, 4) is 5.69 Å². The molecule has 0 saturated carbocycles. The van der Waals surface area contributed by atoms with Crippen LogP contribution in [-0.2, 0) is 4.74 Å². The number of rotatable bonds is 5. The van der Waals surface area contributed by atoms with E-state index in [0.29, 0.717) is 13.2 Å². The van der Waals surface area contributed by atoms with Crippen LogP contribution in [0.25, 0.3) is 5.69 Å². The highest BCUT2D eigenvalue weighted by Gasteiger charge is 2.13. The molecule has 17 heavy (non-hydrogen) atoms. The van der Waals surface area contributed by atoms with Crippen molar-refractivity contribution in [2.45, 2.75) is 13.0 Å². The molecule has 0 aliphatic rings. The number of hydrogen-bond donors (Lipinski definition) is 1. The van der Waals surface area contributed by atoms with Crippen LogP contribution < -0.4 is 5.73 Å². The van der Waals surface area contributed by atoms with Crippen molar-refractivity contribution in [3.05, 3.63) is 42.2 Å². The normalized spacial score (nSPS) is 12.6. The Hall–Kier alpha value is -1.72. The summed E-state index contributed by atoms with van der Waals surface area (Å²) in [4.78, 5) is 0. The summed E-state index contributed by atoms with van der Waals surface area (Å²) in [5, 5.41) is 7.95. The van der Waals surface area contributed by atoms with Gasteiger partial charge in [-0.2, -0.15) is 0 Å². The lowest BCUT2D eigenvalue weighted by Crippen LogP contribution is -2.20. The van der Waals surface area contributed by atoms with E-state index in [1.54, 1.807) is 10.9 Å². The number of para-hydroxylation sites is 1. The summed E-state index contributed by atoms with van der Waals surface area (Å²) in [6.07, 6.45) is 1.68. The lowest BCUT2D eigenvalue weighted by Gasteiger charge is -2.12. The molecule has 0 bridgehead atoms. The fraction of sp³-hybridized carbons (Fsp3) is 0.333. The lowest BCUT2D eigenvalue weighted by atomic mass is 10.2. The molecule has 1 unspecified atom stereocenters. The van der Waals surface area contributed by atoms with Crippen LogP contribution in [-0.4, -0.2) is 28.2 Å². The van der Waals surface area contributed by atoms with Crippen LogP contribution in [0.2, 0.25) is 0 Å². The molecule has 1 atom stereocenters.